The van der Waals surface area contributed by atoms with E-state index in [9.17, 15) is 5.41 Å². The molecule has 13 rings (SSSR count). The quantitative estimate of drug-likeness (QED) is 0.0743. The van der Waals surface area contributed by atoms with Crippen molar-refractivity contribution in [2.45, 2.75) is 25.7 Å². The van der Waals surface area contributed by atoms with Crippen LogP contribution >= 0.6 is 0 Å². The van der Waals surface area contributed by atoms with Gasteiger partial charge in [-0.15, -0.1) is 0 Å². The molecule has 2 aromatic heterocycles. The predicted octanol–water partition coefficient (Wildman–Crippen LogP) is 11.7. The van der Waals surface area contributed by atoms with Crippen molar-refractivity contribution in [3.63, 3.8) is 0 Å². The van der Waals surface area contributed by atoms with Crippen molar-refractivity contribution in [1.82, 2.24) is 14.5 Å². The SMILES string of the molecule is [CH-]=CC(=N)n1c2ccc(-c3ccccc3-c3ccccc3)cc2c2cc3c4c(c21)CCc1cc2c5cc(-c6ccccc6-c6ccccc6)ccc5n(C5=CC=CCN5)c2c(c1-4)CC3.[CH3-].[K+]. The van der Waals surface area contributed by atoms with Gasteiger partial charge in [-0.2, -0.15) is 0 Å². The number of allylic oxidation sites excluding steroid dienone is 3. The normalized spacial score (nSPS) is 13.5. The molecule has 0 atom stereocenters. The van der Waals surface area contributed by atoms with E-state index in [2.05, 4.69) is 190 Å². The van der Waals surface area contributed by atoms with E-state index in [0.717, 1.165) is 60.0 Å². The molecule has 0 bridgehead atoms. The summed E-state index contributed by atoms with van der Waals surface area (Å²) in [6.07, 6.45) is 11.7. The molecule has 8 aromatic carbocycles. The molecule has 0 fully saturated rings. The molecule has 3 heterocycles. The zero-order valence-corrected chi connectivity index (χ0v) is 40.5. The number of fused-ring (bicyclic) bond motifs is 8. The van der Waals surface area contributed by atoms with Crippen LogP contribution in [0.15, 0.2) is 182 Å². The molecule has 0 unspecified atom stereocenters. The number of dihydropyridines is 1. The Morgan fingerprint density at radius 1 is 0.530 bits per heavy atom. The second kappa shape index (κ2) is 16.8. The molecule has 1 aliphatic heterocycles. The van der Waals surface area contributed by atoms with E-state index in [1.807, 2.05) is 0 Å². The third kappa shape index (κ3) is 6.44. The standard InChI is InChI=1S/C60H43N4.CH3.K/c1-2-55(61)63-53-30-26-39(45-21-11-9-19-43(45)37-15-5-3-6-16-37)33-49(53)51-35-41-25-29-48-58-42(24-28-47(57(41)58)59(51)63)36-52-50-34-40(46-22-12-10-20-44(46)38-17-7-4-8-18-38)27-31-54(50)64(60(48)52)56-23-13-14-32-62-56;;/h1-23,26-27,30-31,33-36,61-62H,24-25,28-29,32H2;1H3;/q2*-1;+1. The fourth-order valence-corrected chi connectivity index (χ4v) is 11.4. The molecule has 4 nitrogen and oxygen atoms in total. The molecule has 0 saturated carbocycles. The molecule has 2 aliphatic carbocycles. The zero-order chi connectivity index (χ0) is 42.5. The summed E-state index contributed by atoms with van der Waals surface area (Å²) >= 11 is 0. The molecule has 3 aliphatic rings. The maximum Gasteiger partial charge on any atom is 1.00 e. The van der Waals surface area contributed by atoms with Crippen LogP contribution in [-0.4, -0.2) is 21.5 Å². The van der Waals surface area contributed by atoms with Gasteiger partial charge in [-0.25, -0.2) is 6.08 Å². The van der Waals surface area contributed by atoms with Gasteiger partial charge in [0.25, 0.3) is 0 Å². The Bertz CT molecular complexity index is 3700. The van der Waals surface area contributed by atoms with Crippen LogP contribution in [0.2, 0.25) is 0 Å². The van der Waals surface area contributed by atoms with Gasteiger partial charge >= 0.3 is 51.4 Å². The van der Waals surface area contributed by atoms with Crippen molar-refractivity contribution >= 4 is 55.3 Å². The van der Waals surface area contributed by atoms with E-state index in [0.29, 0.717) is 5.84 Å². The van der Waals surface area contributed by atoms with Crippen molar-refractivity contribution < 1.29 is 51.4 Å². The molecule has 5 heteroatoms. The number of nitrogens with zero attached hydrogens (tertiary/aromatic N) is 2. The second-order valence-corrected chi connectivity index (χ2v) is 17.4. The molecule has 312 valence electrons. The van der Waals surface area contributed by atoms with Gasteiger partial charge in [-0.05, 0) is 152 Å². The number of benzene rings is 8. The summed E-state index contributed by atoms with van der Waals surface area (Å²) in [6.45, 7) is 7.04. The van der Waals surface area contributed by atoms with Crippen molar-refractivity contribution in [3.05, 3.63) is 218 Å². The first-order chi connectivity index (χ1) is 31.6. The summed E-state index contributed by atoms with van der Waals surface area (Å²) in [5, 5.41) is 18.0. The van der Waals surface area contributed by atoms with Crippen molar-refractivity contribution in [2.24, 2.45) is 0 Å². The summed E-state index contributed by atoms with van der Waals surface area (Å²) in [4.78, 5) is 0. The van der Waals surface area contributed by atoms with Crippen LogP contribution in [0, 0.1) is 19.4 Å². The molecule has 66 heavy (non-hydrogen) atoms. The van der Waals surface area contributed by atoms with Crippen LogP contribution in [0.25, 0.3) is 105 Å². The largest absolute Gasteiger partial charge is 1.00 e. The maximum absolute atomic E-state index is 9.31. The van der Waals surface area contributed by atoms with Crippen LogP contribution in [0.4, 0.5) is 0 Å². The van der Waals surface area contributed by atoms with E-state index < -0.39 is 0 Å². The molecule has 2 N–H and O–H groups in total. The van der Waals surface area contributed by atoms with Gasteiger partial charge < -0.3 is 22.7 Å². The van der Waals surface area contributed by atoms with Crippen molar-refractivity contribution in [1.29, 1.82) is 5.41 Å². The number of hydrogen-bond acceptors (Lipinski definition) is 2. The first-order valence-corrected chi connectivity index (χ1v) is 22.5. The molecular formula is C61H46KN4-. The van der Waals surface area contributed by atoms with Crippen LogP contribution in [0.3, 0.4) is 0 Å². The molecule has 0 amide bonds. The third-order valence-corrected chi connectivity index (χ3v) is 14.1. The van der Waals surface area contributed by atoms with Gasteiger partial charge in [0.2, 0.25) is 0 Å². The number of nitrogens with one attached hydrogen (secondary N) is 2. The van der Waals surface area contributed by atoms with E-state index in [1.165, 1.54) is 106 Å². The van der Waals surface area contributed by atoms with Gasteiger partial charge in [-0.3, -0.25) is 11.1 Å². The molecule has 0 saturated heterocycles. The molecule has 0 radical (unpaired) electrons. The van der Waals surface area contributed by atoms with Gasteiger partial charge in [-0.1, -0.05) is 133 Å². The van der Waals surface area contributed by atoms with E-state index >= 15 is 0 Å². The topological polar surface area (TPSA) is 45.7 Å². The minimum Gasteiger partial charge on any atom is -0.378 e. The van der Waals surface area contributed by atoms with Crippen molar-refractivity contribution in [2.75, 3.05) is 6.54 Å². The number of hydrogen-bond donors (Lipinski definition) is 2. The Balaban J connectivity index is 0.00000241. The van der Waals surface area contributed by atoms with Crippen LogP contribution in [0.1, 0.15) is 22.3 Å². The Hall–Kier alpha value is -6.31. The summed E-state index contributed by atoms with van der Waals surface area (Å²) in [6, 6.07) is 57.7. The second-order valence-electron chi connectivity index (χ2n) is 17.4. The average molecular weight is 874 g/mol. The van der Waals surface area contributed by atoms with Crippen LogP contribution in [0.5, 0.6) is 0 Å². The first-order valence-electron chi connectivity index (χ1n) is 22.5. The molecule has 10 aromatic rings. The average Bonchev–Trinajstić information content (AvgIpc) is 3.88. The molecule has 0 spiro atoms. The van der Waals surface area contributed by atoms with E-state index in [4.69, 9.17) is 6.58 Å². The summed E-state index contributed by atoms with van der Waals surface area (Å²) in [5.41, 5.74) is 22.6. The number of rotatable bonds is 6. The van der Waals surface area contributed by atoms with E-state index in [-0.39, 0.29) is 58.8 Å². The van der Waals surface area contributed by atoms with Gasteiger partial charge in [0.05, 0.1) is 11.0 Å². The fraction of sp³-hybridized carbons (Fsp3) is 0.0820. The Morgan fingerprint density at radius 2 is 1.02 bits per heavy atom. The van der Waals surface area contributed by atoms with Crippen LogP contribution in [-0.2, 0) is 25.7 Å². The first kappa shape index (κ1) is 42.3. The Morgan fingerprint density at radius 3 is 1.55 bits per heavy atom. The van der Waals surface area contributed by atoms with Crippen LogP contribution < -0.4 is 56.7 Å². The zero-order valence-electron chi connectivity index (χ0n) is 37.3. The minimum absolute atomic E-state index is 0. The Kier molecular flexibility index (Phi) is 10.8. The monoisotopic (exact) mass is 873 g/mol. The minimum atomic E-state index is 0. The summed E-state index contributed by atoms with van der Waals surface area (Å²) in [5.74, 6) is 1.39. The smallest absolute Gasteiger partial charge is 0.378 e. The third-order valence-electron chi connectivity index (χ3n) is 14.1. The van der Waals surface area contributed by atoms with Crippen molar-refractivity contribution in [3.8, 4) is 55.6 Å². The summed E-state index contributed by atoms with van der Waals surface area (Å²) < 4.78 is 4.61. The van der Waals surface area contributed by atoms with Gasteiger partial charge in [0.15, 0.2) is 0 Å². The summed E-state index contributed by atoms with van der Waals surface area (Å²) in [7, 11) is 0. The van der Waals surface area contributed by atoms with Gasteiger partial charge in [0, 0.05) is 39.1 Å². The predicted molar refractivity (Wildman–Crippen MR) is 274 cm³/mol. The fourth-order valence-electron chi connectivity index (χ4n) is 11.4. The maximum atomic E-state index is 9.31. The number of aromatic nitrogens is 2. The van der Waals surface area contributed by atoms with E-state index in [1.54, 1.807) is 0 Å². The Labute approximate surface area is 428 Å². The molecular weight excluding hydrogens is 828 g/mol. The number of aryl methyl sites for hydroxylation is 4. The van der Waals surface area contributed by atoms with Gasteiger partial charge in [0.1, 0.15) is 5.82 Å².